The van der Waals surface area contributed by atoms with Crippen molar-refractivity contribution in [1.29, 1.82) is 0 Å². The molecule has 0 spiro atoms. The van der Waals surface area contributed by atoms with Gasteiger partial charge in [-0.25, -0.2) is 9.50 Å². The normalized spacial score (nSPS) is 17.6. The number of nitrogens with zero attached hydrogens (tertiary/aromatic N) is 5. The first-order valence-corrected chi connectivity index (χ1v) is 8.51. The maximum atomic E-state index is 5.94. The topological polar surface area (TPSA) is 62.7 Å². The summed E-state index contributed by atoms with van der Waals surface area (Å²) in [6.45, 7) is 3.40. The lowest BCUT2D eigenvalue weighted by Crippen LogP contribution is -2.42. The molecule has 0 saturated carbocycles. The van der Waals surface area contributed by atoms with Crippen LogP contribution in [0, 0.1) is 0 Å². The molecule has 22 heavy (non-hydrogen) atoms. The number of rotatable bonds is 4. The van der Waals surface area contributed by atoms with Crippen LogP contribution in [-0.2, 0) is 6.42 Å². The number of hydrogen-bond acceptors (Lipinski definition) is 5. The maximum absolute atomic E-state index is 5.94. The van der Waals surface area contributed by atoms with E-state index < -0.39 is 0 Å². The molecule has 1 fully saturated rings. The van der Waals surface area contributed by atoms with Crippen molar-refractivity contribution in [2.24, 2.45) is 0 Å². The number of aromatic nitrogens is 3. The SMILES string of the molecule is CN(C)C1CCN(CCc2cc(Br)c3c(N)ncnn23)CC1. The standard InChI is InChI=1S/C15H23BrN6/c1-20(2)11-3-6-21(7-4-11)8-5-12-9-13(16)14-15(17)18-10-19-22(12)14/h9-11H,3-8H2,1-2H3,(H2,17,18,19). The summed E-state index contributed by atoms with van der Waals surface area (Å²) < 4.78 is 2.87. The molecular weight excluding hydrogens is 344 g/mol. The minimum Gasteiger partial charge on any atom is -0.382 e. The second-order valence-corrected chi connectivity index (χ2v) is 7.03. The van der Waals surface area contributed by atoms with Gasteiger partial charge in [0.05, 0.1) is 0 Å². The largest absolute Gasteiger partial charge is 0.382 e. The number of halogens is 1. The summed E-state index contributed by atoms with van der Waals surface area (Å²) in [6.07, 6.45) is 4.98. The lowest BCUT2D eigenvalue weighted by molar-refractivity contribution is 0.146. The summed E-state index contributed by atoms with van der Waals surface area (Å²) in [6, 6.07) is 2.83. The third-order valence-electron chi connectivity index (χ3n) is 4.58. The second kappa shape index (κ2) is 6.52. The van der Waals surface area contributed by atoms with Gasteiger partial charge in [0.2, 0.25) is 0 Å². The third kappa shape index (κ3) is 3.11. The fourth-order valence-electron chi connectivity index (χ4n) is 3.19. The molecule has 2 aromatic rings. The molecule has 0 aliphatic carbocycles. The quantitative estimate of drug-likeness (QED) is 0.890. The number of piperidine rings is 1. The molecule has 6 nitrogen and oxygen atoms in total. The van der Waals surface area contributed by atoms with E-state index in [0.29, 0.717) is 5.82 Å². The highest BCUT2D eigenvalue weighted by Crippen LogP contribution is 2.25. The number of fused-ring (bicyclic) bond motifs is 1. The molecule has 0 bridgehead atoms. The van der Waals surface area contributed by atoms with Crippen LogP contribution in [0.2, 0.25) is 0 Å². The summed E-state index contributed by atoms with van der Waals surface area (Å²) in [5.41, 5.74) is 7.97. The predicted octanol–water partition coefficient (Wildman–Crippen LogP) is 1.64. The van der Waals surface area contributed by atoms with Crippen molar-refractivity contribution in [3.05, 3.63) is 22.6 Å². The Labute approximate surface area is 139 Å². The smallest absolute Gasteiger partial charge is 0.152 e. The number of anilines is 1. The Hall–Kier alpha value is -1.18. The van der Waals surface area contributed by atoms with Gasteiger partial charge >= 0.3 is 0 Å². The Balaban J connectivity index is 1.64. The van der Waals surface area contributed by atoms with Gasteiger partial charge in [0, 0.05) is 29.2 Å². The Morgan fingerprint density at radius 3 is 2.77 bits per heavy atom. The molecule has 2 aromatic heterocycles. The number of hydrogen-bond donors (Lipinski definition) is 1. The van der Waals surface area contributed by atoms with E-state index >= 15 is 0 Å². The molecule has 7 heteroatoms. The Kier molecular flexibility index (Phi) is 4.65. The van der Waals surface area contributed by atoms with Gasteiger partial charge in [-0.1, -0.05) is 0 Å². The van der Waals surface area contributed by atoms with Crippen LogP contribution in [-0.4, -0.2) is 64.2 Å². The predicted molar refractivity (Wildman–Crippen MR) is 92.0 cm³/mol. The van der Waals surface area contributed by atoms with E-state index in [1.165, 1.54) is 38.0 Å². The average Bonchev–Trinajstić information content (AvgIpc) is 2.83. The second-order valence-electron chi connectivity index (χ2n) is 6.18. The van der Waals surface area contributed by atoms with Crippen molar-refractivity contribution >= 4 is 27.3 Å². The van der Waals surface area contributed by atoms with Gasteiger partial charge in [-0.15, -0.1) is 0 Å². The molecular formula is C15H23BrN6. The zero-order chi connectivity index (χ0) is 15.7. The van der Waals surface area contributed by atoms with Gasteiger partial charge in [-0.2, -0.15) is 5.10 Å². The van der Waals surface area contributed by atoms with E-state index in [9.17, 15) is 0 Å². The lowest BCUT2D eigenvalue weighted by Gasteiger charge is -2.35. The fourth-order valence-corrected chi connectivity index (χ4v) is 3.83. The van der Waals surface area contributed by atoms with Crippen molar-refractivity contribution in [2.45, 2.75) is 25.3 Å². The summed E-state index contributed by atoms with van der Waals surface area (Å²) in [5.74, 6) is 0.514. The lowest BCUT2D eigenvalue weighted by atomic mass is 10.0. The van der Waals surface area contributed by atoms with Crippen molar-refractivity contribution in [1.82, 2.24) is 24.4 Å². The minimum absolute atomic E-state index is 0.514. The third-order valence-corrected chi connectivity index (χ3v) is 5.19. The van der Waals surface area contributed by atoms with Gasteiger partial charge in [-0.3, -0.25) is 0 Å². The fraction of sp³-hybridized carbons (Fsp3) is 0.600. The van der Waals surface area contributed by atoms with E-state index in [-0.39, 0.29) is 0 Å². The summed E-state index contributed by atoms with van der Waals surface area (Å²) in [4.78, 5) is 8.94. The molecule has 1 aliphatic heterocycles. The zero-order valence-electron chi connectivity index (χ0n) is 13.2. The molecule has 0 unspecified atom stereocenters. The van der Waals surface area contributed by atoms with E-state index in [4.69, 9.17) is 5.73 Å². The number of nitrogens with two attached hydrogens (primary N) is 1. The molecule has 1 saturated heterocycles. The van der Waals surface area contributed by atoms with Gasteiger partial charge in [-0.05, 0) is 62.0 Å². The molecule has 2 N–H and O–H groups in total. The van der Waals surface area contributed by atoms with Crippen LogP contribution in [0.5, 0.6) is 0 Å². The zero-order valence-corrected chi connectivity index (χ0v) is 14.8. The van der Waals surface area contributed by atoms with Crippen molar-refractivity contribution in [3.8, 4) is 0 Å². The first kappa shape index (κ1) is 15.7. The molecule has 1 aliphatic rings. The van der Waals surface area contributed by atoms with Gasteiger partial charge < -0.3 is 15.5 Å². The van der Waals surface area contributed by atoms with Crippen LogP contribution in [0.3, 0.4) is 0 Å². The highest BCUT2D eigenvalue weighted by molar-refractivity contribution is 9.10. The summed E-state index contributed by atoms with van der Waals surface area (Å²) >= 11 is 3.56. The highest BCUT2D eigenvalue weighted by Gasteiger charge is 2.21. The average molecular weight is 367 g/mol. The molecule has 0 radical (unpaired) electrons. The minimum atomic E-state index is 0.514. The van der Waals surface area contributed by atoms with Crippen molar-refractivity contribution in [3.63, 3.8) is 0 Å². The van der Waals surface area contributed by atoms with E-state index in [1.54, 1.807) is 0 Å². The van der Waals surface area contributed by atoms with Gasteiger partial charge in [0.25, 0.3) is 0 Å². The van der Waals surface area contributed by atoms with Crippen LogP contribution in [0.4, 0.5) is 5.82 Å². The van der Waals surface area contributed by atoms with Crippen LogP contribution in [0.25, 0.3) is 5.52 Å². The van der Waals surface area contributed by atoms with Gasteiger partial charge in [0.1, 0.15) is 11.8 Å². The van der Waals surface area contributed by atoms with E-state index in [2.05, 4.69) is 56.0 Å². The number of nitrogen functional groups attached to an aromatic ring is 1. The molecule has 0 atom stereocenters. The van der Waals surface area contributed by atoms with Crippen LogP contribution >= 0.6 is 15.9 Å². The van der Waals surface area contributed by atoms with E-state index in [0.717, 1.165) is 29.0 Å². The summed E-state index contributed by atoms with van der Waals surface area (Å²) in [5, 5.41) is 4.33. The molecule has 3 heterocycles. The first-order chi connectivity index (χ1) is 10.6. The van der Waals surface area contributed by atoms with E-state index in [1.807, 2.05) is 4.52 Å². The first-order valence-electron chi connectivity index (χ1n) is 7.71. The van der Waals surface area contributed by atoms with Crippen LogP contribution in [0.1, 0.15) is 18.5 Å². The molecule has 120 valence electrons. The molecule has 3 rings (SSSR count). The van der Waals surface area contributed by atoms with Crippen molar-refractivity contribution < 1.29 is 0 Å². The Bertz CT molecular complexity index is 645. The number of likely N-dealkylation sites (tertiary alicyclic amines) is 1. The molecule has 0 amide bonds. The monoisotopic (exact) mass is 366 g/mol. The maximum Gasteiger partial charge on any atom is 0.152 e. The molecule has 0 aromatic carbocycles. The summed E-state index contributed by atoms with van der Waals surface area (Å²) in [7, 11) is 4.35. The van der Waals surface area contributed by atoms with Crippen molar-refractivity contribution in [2.75, 3.05) is 39.5 Å². The van der Waals surface area contributed by atoms with Crippen LogP contribution < -0.4 is 5.73 Å². The Morgan fingerprint density at radius 2 is 2.09 bits per heavy atom. The van der Waals surface area contributed by atoms with Crippen LogP contribution in [0.15, 0.2) is 16.9 Å². The Morgan fingerprint density at radius 1 is 1.36 bits per heavy atom. The van der Waals surface area contributed by atoms with Gasteiger partial charge in [0.15, 0.2) is 5.82 Å². The highest BCUT2D eigenvalue weighted by atomic mass is 79.9.